The third kappa shape index (κ3) is 4.49. The first-order valence-corrected chi connectivity index (χ1v) is 7.07. The number of nitrogens with one attached hydrogen (secondary N) is 1. The van der Waals surface area contributed by atoms with Gasteiger partial charge in [-0.1, -0.05) is 0 Å². The zero-order valence-electron chi connectivity index (χ0n) is 9.33. The van der Waals surface area contributed by atoms with Crippen molar-refractivity contribution in [3.8, 4) is 0 Å². The van der Waals surface area contributed by atoms with Crippen molar-refractivity contribution >= 4 is 21.6 Å². The molecule has 0 saturated heterocycles. The lowest BCUT2D eigenvalue weighted by molar-refractivity contribution is 0.155. The van der Waals surface area contributed by atoms with Crippen LogP contribution in [0.15, 0.2) is 23.1 Å². The third-order valence-corrected chi connectivity index (χ3v) is 3.57. The molecule has 1 rings (SSSR count). The van der Waals surface area contributed by atoms with E-state index in [2.05, 4.69) is 4.72 Å². The predicted octanol–water partition coefficient (Wildman–Crippen LogP) is 1.50. The quantitative estimate of drug-likeness (QED) is 0.613. The summed E-state index contributed by atoms with van der Waals surface area (Å²) in [5.74, 6) is -1.54. The summed E-state index contributed by atoms with van der Waals surface area (Å²) in [5.41, 5.74) is 0. The highest BCUT2D eigenvalue weighted by molar-refractivity contribution is 7.89. The minimum absolute atomic E-state index is 0.0465. The summed E-state index contributed by atoms with van der Waals surface area (Å²) in [7, 11) is -4.08. The molecule has 0 saturated carbocycles. The number of hydrogen-bond acceptors (Lipinski definition) is 3. The Morgan fingerprint density at radius 2 is 2.00 bits per heavy atom. The average Bonchev–Trinajstić information content (AvgIpc) is 2.32. The van der Waals surface area contributed by atoms with E-state index in [1.807, 2.05) is 0 Å². The molecule has 0 bridgehead atoms. The second kappa shape index (κ2) is 6.98. The van der Waals surface area contributed by atoms with E-state index in [-0.39, 0.29) is 19.8 Å². The van der Waals surface area contributed by atoms with Gasteiger partial charge < -0.3 is 4.74 Å². The van der Waals surface area contributed by atoms with E-state index in [0.29, 0.717) is 11.9 Å². The normalized spacial score (nSPS) is 11.7. The summed E-state index contributed by atoms with van der Waals surface area (Å²) < 4.78 is 56.4. The molecule has 0 atom stereocenters. The molecule has 4 nitrogen and oxygen atoms in total. The molecule has 0 heterocycles. The van der Waals surface area contributed by atoms with Crippen molar-refractivity contribution in [2.45, 2.75) is 4.90 Å². The van der Waals surface area contributed by atoms with Crippen LogP contribution in [0, 0.1) is 11.6 Å². The van der Waals surface area contributed by atoms with E-state index in [1.165, 1.54) is 0 Å². The maximum atomic E-state index is 13.3. The van der Waals surface area contributed by atoms with Gasteiger partial charge in [0.25, 0.3) is 0 Å². The predicted molar refractivity (Wildman–Crippen MR) is 63.1 cm³/mol. The molecule has 0 amide bonds. The number of benzene rings is 1. The zero-order chi connectivity index (χ0) is 13.6. The Kier molecular flexibility index (Phi) is 5.94. The van der Waals surface area contributed by atoms with Crippen molar-refractivity contribution in [1.82, 2.24) is 4.72 Å². The van der Waals surface area contributed by atoms with Gasteiger partial charge in [0.1, 0.15) is 16.5 Å². The second-order valence-electron chi connectivity index (χ2n) is 3.27. The minimum Gasteiger partial charge on any atom is -0.379 e. The van der Waals surface area contributed by atoms with Crippen molar-refractivity contribution in [3.05, 3.63) is 29.8 Å². The summed E-state index contributed by atoms with van der Waals surface area (Å²) in [5, 5.41) is 0. The van der Waals surface area contributed by atoms with Gasteiger partial charge in [0.15, 0.2) is 0 Å². The first-order valence-electron chi connectivity index (χ1n) is 5.06. The van der Waals surface area contributed by atoms with Crippen LogP contribution in [0.4, 0.5) is 8.78 Å². The van der Waals surface area contributed by atoms with Crippen LogP contribution in [0.3, 0.4) is 0 Å². The van der Waals surface area contributed by atoms with E-state index >= 15 is 0 Å². The first kappa shape index (κ1) is 15.3. The molecule has 0 fully saturated rings. The fourth-order valence-corrected chi connectivity index (χ4v) is 2.37. The van der Waals surface area contributed by atoms with Crippen molar-refractivity contribution in [3.63, 3.8) is 0 Å². The van der Waals surface area contributed by atoms with Crippen LogP contribution >= 0.6 is 11.6 Å². The lowest BCUT2D eigenvalue weighted by Crippen LogP contribution is -2.28. The second-order valence-corrected chi connectivity index (χ2v) is 5.39. The first-order chi connectivity index (χ1) is 8.47. The monoisotopic (exact) mass is 299 g/mol. The van der Waals surface area contributed by atoms with Gasteiger partial charge in [0.05, 0.1) is 13.2 Å². The van der Waals surface area contributed by atoms with Crippen LogP contribution in [0.2, 0.25) is 0 Å². The largest absolute Gasteiger partial charge is 0.379 e. The molecule has 0 unspecified atom stereocenters. The minimum atomic E-state index is -4.08. The van der Waals surface area contributed by atoms with Gasteiger partial charge in [0.2, 0.25) is 10.0 Å². The highest BCUT2D eigenvalue weighted by Crippen LogP contribution is 2.15. The van der Waals surface area contributed by atoms with Crippen molar-refractivity contribution in [1.29, 1.82) is 0 Å². The van der Waals surface area contributed by atoms with E-state index in [0.717, 1.165) is 12.1 Å². The summed E-state index contributed by atoms with van der Waals surface area (Å²) in [6.45, 7) is 0.343. The number of rotatable bonds is 7. The van der Waals surface area contributed by atoms with Crippen LogP contribution in [-0.2, 0) is 14.8 Å². The molecular formula is C10H12ClF2NO3S. The summed E-state index contributed by atoms with van der Waals surface area (Å²) in [6, 6.07) is 2.23. The maximum absolute atomic E-state index is 13.3. The topological polar surface area (TPSA) is 55.4 Å². The average molecular weight is 300 g/mol. The Hall–Kier alpha value is -0.760. The fraction of sp³-hybridized carbons (Fsp3) is 0.400. The van der Waals surface area contributed by atoms with Gasteiger partial charge in [-0.25, -0.2) is 21.9 Å². The maximum Gasteiger partial charge on any atom is 0.243 e. The molecule has 0 aliphatic heterocycles. The van der Waals surface area contributed by atoms with Gasteiger partial charge >= 0.3 is 0 Å². The molecule has 0 aliphatic rings. The van der Waals surface area contributed by atoms with Crippen molar-refractivity contribution < 1.29 is 21.9 Å². The molecule has 18 heavy (non-hydrogen) atoms. The lowest BCUT2D eigenvalue weighted by Gasteiger charge is -2.07. The SMILES string of the molecule is O=S(=O)(NCCOCCCl)c1cc(F)ccc1F. The van der Waals surface area contributed by atoms with E-state index in [1.54, 1.807) is 0 Å². The molecule has 0 aliphatic carbocycles. The highest BCUT2D eigenvalue weighted by Gasteiger charge is 2.19. The standard InChI is InChI=1S/C10H12ClF2NO3S/c11-3-5-17-6-4-14-18(15,16)10-7-8(12)1-2-9(10)13/h1-2,7,14H,3-6H2. The Balaban J connectivity index is 2.66. The van der Waals surface area contributed by atoms with E-state index in [9.17, 15) is 17.2 Å². The molecule has 102 valence electrons. The van der Waals surface area contributed by atoms with Crippen LogP contribution in [0.1, 0.15) is 0 Å². The molecule has 1 aromatic rings. The molecule has 1 aromatic carbocycles. The van der Waals surface area contributed by atoms with Gasteiger partial charge in [-0.3, -0.25) is 0 Å². The summed E-state index contributed by atoms with van der Waals surface area (Å²) >= 11 is 5.35. The van der Waals surface area contributed by atoms with Crippen molar-refractivity contribution in [2.24, 2.45) is 0 Å². The molecule has 0 spiro atoms. The number of hydrogen-bond donors (Lipinski definition) is 1. The molecule has 8 heteroatoms. The number of sulfonamides is 1. The Morgan fingerprint density at radius 1 is 1.28 bits per heavy atom. The van der Waals surface area contributed by atoms with Crippen LogP contribution in [0.25, 0.3) is 0 Å². The van der Waals surface area contributed by atoms with Gasteiger partial charge in [-0.15, -0.1) is 11.6 Å². The molecule has 0 aromatic heterocycles. The molecular weight excluding hydrogens is 288 g/mol. The van der Waals surface area contributed by atoms with Gasteiger partial charge in [-0.2, -0.15) is 0 Å². The van der Waals surface area contributed by atoms with E-state index < -0.39 is 26.6 Å². The highest BCUT2D eigenvalue weighted by atomic mass is 35.5. The lowest BCUT2D eigenvalue weighted by atomic mass is 10.3. The Bertz CT molecular complexity index is 496. The zero-order valence-corrected chi connectivity index (χ0v) is 10.9. The van der Waals surface area contributed by atoms with Gasteiger partial charge in [-0.05, 0) is 18.2 Å². The number of halogens is 3. The number of alkyl halides is 1. The van der Waals surface area contributed by atoms with Crippen LogP contribution < -0.4 is 4.72 Å². The summed E-state index contributed by atoms with van der Waals surface area (Å²) in [6.07, 6.45) is 0. The molecule has 1 N–H and O–H groups in total. The van der Waals surface area contributed by atoms with Crippen molar-refractivity contribution in [2.75, 3.05) is 25.6 Å². The number of ether oxygens (including phenoxy) is 1. The third-order valence-electron chi connectivity index (χ3n) is 1.94. The smallest absolute Gasteiger partial charge is 0.243 e. The fourth-order valence-electron chi connectivity index (χ4n) is 1.17. The van der Waals surface area contributed by atoms with Gasteiger partial charge in [0, 0.05) is 12.4 Å². The summed E-state index contributed by atoms with van der Waals surface area (Å²) in [4.78, 5) is -0.722. The Labute approximate surface area is 109 Å². The Morgan fingerprint density at radius 3 is 2.67 bits per heavy atom. The van der Waals surface area contributed by atoms with Crippen LogP contribution in [-0.4, -0.2) is 34.1 Å². The van der Waals surface area contributed by atoms with E-state index in [4.69, 9.17) is 16.3 Å². The van der Waals surface area contributed by atoms with Crippen LogP contribution in [0.5, 0.6) is 0 Å². The molecule has 0 radical (unpaired) electrons.